The Balaban J connectivity index is 1.61. The maximum absolute atomic E-state index is 14.3. The highest BCUT2D eigenvalue weighted by Gasteiger charge is 2.37. The third-order valence-electron chi connectivity index (χ3n) is 4.29. The van der Waals surface area contributed by atoms with Gasteiger partial charge in [-0.25, -0.2) is 0 Å². The van der Waals surface area contributed by atoms with Gasteiger partial charge in [0, 0.05) is 18.3 Å². The predicted molar refractivity (Wildman–Crippen MR) is 106 cm³/mol. The lowest BCUT2D eigenvalue weighted by molar-refractivity contribution is -0.0773. The Morgan fingerprint density at radius 1 is 0.897 bits per heavy atom. The molecule has 0 aliphatic heterocycles. The fourth-order valence-corrected chi connectivity index (χ4v) is 3.04. The Labute approximate surface area is 170 Å². The Hall–Kier alpha value is -3.03. The van der Waals surface area contributed by atoms with Gasteiger partial charge in [0.05, 0.1) is 0 Å². The van der Waals surface area contributed by atoms with Crippen LogP contribution in [-0.4, -0.2) is 28.3 Å². The molecule has 0 fully saturated rings. The normalized spacial score (nSPS) is 11.7. The minimum Gasteiger partial charge on any atom is -0.457 e. The summed E-state index contributed by atoms with van der Waals surface area (Å²) in [4.78, 5) is 0. The van der Waals surface area contributed by atoms with Gasteiger partial charge in [-0.3, -0.25) is 4.40 Å². The van der Waals surface area contributed by atoms with Gasteiger partial charge in [-0.2, -0.15) is 8.78 Å². The monoisotopic (exact) mass is 415 g/mol. The molecule has 0 radical (unpaired) electrons. The number of fused-ring (bicyclic) bond motifs is 1. The largest absolute Gasteiger partial charge is 0.457 e. The first kappa shape index (κ1) is 19.3. The Morgan fingerprint density at radius 2 is 1.52 bits per heavy atom. The van der Waals surface area contributed by atoms with Crippen molar-refractivity contribution in [3.63, 3.8) is 0 Å². The van der Waals surface area contributed by atoms with E-state index in [1.54, 1.807) is 54.7 Å². The minimum atomic E-state index is -3.25. The molecule has 0 N–H and O–H groups in total. The van der Waals surface area contributed by atoms with E-state index in [0.717, 1.165) is 11.1 Å². The van der Waals surface area contributed by atoms with Gasteiger partial charge < -0.3 is 9.47 Å². The molecule has 148 valence electrons. The summed E-state index contributed by atoms with van der Waals surface area (Å²) in [5.74, 6) is -2.39. The van der Waals surface area contributed by atoms with E-state index in [4.69, 9.17) is 16.3 Å². The fourth-order valence-electron chi connectivity index (χ4n) is 2.91. The SMILES string of the molecule is COCC(F)(F)c1nnc2ccc(-c3ccc(Oc4ccc(Cl)cc4)cc3)cn12. The molecule has 0 saturated carbocycles. The zero-order valence-electron chi connectivity index (χ0n) is 15.3. The van der Waals surface area contributed by atoms with Crippen LogP contribution >= 0.6 is 11.6 Å². The first-order chi connectivity index (χ1) is 14.0. The molecule has 8 heteroatoms. The van der Waals surface area contributed by atoms with Crippen molar-refractivity contribution in [3.8, 4) is 22.6 Å². The lowest BCUT2D eigenvalue weighted by Crippen LogP contribution is -2.23. The summed E-state index contributed by atoms with van der Waals surface area (Å²) in [6.07, 6.45) is 1.59. The second-order valence-electron chi connectivity index (χ2n) is 6.39. The number of ether oxygens (including phenoxy) is 2. The standard InChI is InChI=1S/C21H16ClF2N3O2/c1-28-13-21(23,24)20-26-25-19-11-4-15(12-27(19)20)14-2-7-17(8-3-14)29-18-9-5-16(22)6-10-18/h2-12H,13H2,1H3. The third-order valence-corrected chi connectivity index (χ3v) is 4.54. The van der Waals surface area contributed by atoms with Crippen LogP contribution in [0.25, 0.3) is 16.8 Å². The van der Waals surface area contributed by atoms with E-state index in [1.165, 1.54) is 11.5 Å². The predicted octanol–water partition coefficient (Wildman–Crippen LogP) is 5.58. The van der Waals surface area contributed by atoms with Gasteiger partial charge in [-0.05, 0) is 59.7 Å². The molecule has 4 rings (SSSR count). The van der Waals surface area contributed by atoms with Gasteiger partial charge in [-0.1, -0.05) is 23.7 Å². The second-order valence-corrected chi connectivity index (χ2v) is 6.82. The lowest BCUT2D eigenvalue weighted by atomic mass is 10.1. The van der Waals surface area contributed by atoms with Crippen molar-refractivity contribution in [2.75, 3.05) is 13.7 Å². The van der Waals surface area contributed by atoms with Crippen LogP contribution in [0.1, 0.15) is 5.82 Å². The summed E-state index contributed by atoms with van der Waals surface area (Å²) < 4.78 is 40.2. The number of pyridine rings is 1. The number of aromatic nitrogens is 3. The Morgan fingerprint density at radius 3 is 2.17 bits per heavy atom. The average Bonchev–Trinajstić information content (AvgIpc) is 3.14. The Bertz CT molecular complexity index is 1130. The number of hydrogen-bond acceptors (Lipinski definition) is 4. The number of nitrogens with zero attached hydrogens (tertiary/aromatic N) is 3. The van der Waals surface area contributed by atoms with Gasteiger partial charge in [0.25, 0.3) is 0 Å². The van der Waals surface area contributed by atoms with E-state index in [2.05, 4.69) is 14.9 Å². The van der Waals surface area contributed by atoms with Crippen LogP contribution in [0.15, 0.2) is 66.9 Å². The molecule has 29 heavy (non-hydrogen) atoms. The van der Waals surface area contributed by atoms with E-state index in [0.29, 0.717) is 22.2 Å². The van der Waals surface area contributed by atoms with Gasteiger partial charge in [0.15, 0.2) is 5.65 Å². The molecule has 0 amide bonds. The van der Waals surface area contributed by atoms with E-state index in [-0.39, 0.29) is 0 Å². The molecule has 2 aromatic carbocycles. The third kappa shape index (κ3) is 4.06. The summed E-state index contributed by atoms with van der Waals surface area (Å²) >= 11 is 5.87. The molecule has 0 aliphatic carbocycles. The van der Waals surface area contributed by atoms with E-state index >= 15 is 0 Å². The molecule has 5 nitrogen and oxygen atoms in total. The maximum Gasteiger partial charge on any atom is 0.329 e. The van der Waals surface area contributed by atoms with Crippen molar-refractivity contribution in [2.24, 2.45) is 0 Å². The van der Waals surface area contributed by atoms with Crippen molar-refractivity contribution in [1.29, 1.82) is 0 Å². The minimum absolute atomic E-state index is 0.335. The van der Waals surface area contributed by atoms with Gasteiger partial charge >= 0.3 is 5.92 Å². The number of alkyl halides is 2. The van der Waals surface area contributed by atoms with E-state index in [1.807, 2.05) is 12.1 Å². The average molecular weight is 416 g/mol. The smallest absolute Gasteiger partial charge is 0.329 e. The van der Waals surface area contributed by atoms with Crippen molar-refractivity contribution in [1.82, 2.24) is 14.6 Å². The summed E-state index contributed by atoms with van der Waals surface area (Å²) in [5.41, 5.74) is 1.91. The van der Waals surface area contributed by atoms with Crippen LogP contribution in [0.5, 0.6) is 11.5 Å². The number of rotatable bonds is 6. The van der Waals surface area contributed by atoms with Crippen LogP contribution in [0, 0.1) is 0 Å². The molecule has 4 aromatic rings. The van der Waals surface area contributed by atoms with Crippen LogP contribution in [-0.2, 0) is 10.7 Å². The van der Waals surface area contributed by atoms with E-state index in [9.17, 15) is 8.78 Å². The number of halogens is 3. The van der Waals surface area contributed by atoms with Crippen LogP contribution < -0.4 is 4.74 Å². The molecule has 2 aromatic heterocycles. The summed E-state index contributed by atoms with van der Waals surface area (Å²) in [7, 11) is 1.22. The highest BCUT2D eigenvalue weighted by Crippen LogP contribution is 2.30. The quantitative estimate of drug-likeness (QED) is 0.412. The van der Waals surface area contributed by atoms with Crippen LogP contribution in [0.4, 0.5) is 8.78 Å². The topological polar surface area (TPSA) is 48.7 Å². The number of hydrogen-bond donors (Lipinski definition) is 0. The van der Waals surface area contributed by atoms with Gasteiger partial charge in [-0.15, -0.1) is 10.2 Å². The summed E-state index contributed by atoms with van der Waals surface area (Å²) in [6, 6.07) is 17.8. The van der Waals surface area contributed by atoms with Crippen LogP contribution in [0.3, 0.4) is 0 Å². The molecule has 0 spiro atoms. The zero-order chi connectivity index (χ0) is 20.4. The molecule has 0 atom stereocenters. The second kappa shape index (κ2) is 7.77. The number of benzene rings is 2. The maximum atomic E-state index is 14.3. The van der Waals surface area contributed by atoms with Crippen molar-refractivity contribution in [3.05, 3.63) is 77.7 Å². The summed E-state index contributed by atoms with van der Waals surface area (Å²) in [6.45, 7) is -0.769. The molecule has 0 aliphatic rings. The van der Waals surface area contributed by atoms with Crippen molar-refractivity contribution in [2.45, 2.75) is 5.92 Å². The fraction of sp³-hybridized carbons (Fsp3) is 0.143. The lowest BCUT2D eigenvalue weighted by Gasteiger charge is -2.13. The molecule has 0 bridgehead atoms. The molecule has 0 saturated heterocycles. The summed E-state index contributed by atoms with van der Waals surface area (Å²) in [5, 5.41) is 8.09. The zero-order valence-corrected chi connectivity index (χ0v) is 16.1. The number of methoxy groups -OCH3 is 1. The van der Waals surface area contributed by atoms with Crippen molar-refractivity contribution >= 4 is 17.2 Å². The molecule has 2 heterocycles. The molecular weight excluding hydrogens is 400 g/mol. The van der Waals surface area contributed by atoms with Crippen molar-refractivity contribution < 1.29 is 18.3 Å². The van der Waals surface area contributed by atoms with Gasteiger partial charge in [0.2, 0.25) is 5.82 Å². The highest BCUT2D eigenvalue weighted by molar-refractivity contribution is 6.30. The van der Waals surface area contributed by atoms with E-state index < -0.39 is 18.4 Å². The Kier molecular flexibility index (Phi) is 5.17. The molecular formula is C21H16ClF2N3O2. The first-order valence-electron chi connectivity index (χ1n) is 8.72. The van der Waals surface area contributed by atoms with Gasteiger partial charge in [0.1, 0.15) is 18.1 Å². The van der Waals surface area contributed by atoms with Crippen LogP contribution in [0.2, 0.25) is 5.02 Å². The molecule has 0 unspecified atom stereocenters. The first-order valence-corrected chi connectivity index (χ1v) is 9.10. The highest BCUT2D eigenvalue weighted by atomic mass is 35.5.